The molecule has 0 saturated heterocycles. The standard InChI is InChI=1S/C16H14I2N2O3/c1-10-4-2-3-5-14(10)23-9-15(21)20-19-8-11-6-12(17)16(22)13(18)7-11/h2-8,22H,9H2,1H3,(H,20,21)/b19-8+. The first-order chi connectivity index (χ1) is 11.0. The zero-order chi connectivity index (χ0) is 16.8. The van der Waals surface area contributed by atoms with Gasteiger partial charge in [-0.15, -0.1) is 0 Å². The normalized spacial score (nSPS) is 10.7. The summed E-state index contributed by atoms with van der Waals surface area (Å²) in [6.45, 7) is 1.81. The van der Waals surface area contributed by atoms with Crippen molar-refractivity contribution >= 4 is 57.3 Å². The van der Waals surface area contributed by atoms with Crippen LogP contribution in [0, 0.1) is 14.1 Å². The van der Waals surface area contributed by atoms with Crippen LogP contribution < -0.4 is 10.2 Å². The summed E-state index contributed by atoms with van der Waals surface area (Å²) < 4.78 is 6.89. The van der Waals surface area contributed by atoms with Crippen molar-refractivity contribution in [1.82, 2.24) is 5.43 Å². The number of rotatable bonds is 5. The van der Waals surface area contributed by atoms with Crippen LogP contribution in [0.1, 0.15) is 11.1 Å². The van der Waals surface area contributed by atoms with Gasteiger partial charge >= 0.3 is 0 Å². The fourth-order valence-electron chi connectivity index (χ4n) is 1.73. The van der Waals surface area contributed by atoms with Crippen molar-refractivity contribution in [3.05, 3.63) is 54.7 Å². The Labute approximate surface area is 161 Å². The minimum Gasteiger partial charge on any atom is -0.506 e. The first-order valence-electron chi connectivity index (χ1n) is 6.65. The fourth-order valence-corrected chi connectivity index (χ4v) is 3.55. The van der Waals surface area contributed by atoms with Crippen LogP contribution in [0.2, 0.25) is 0 Å². The molecular formula is C16H14I2N2O3. The minimum absolute atomic E-state index is 0.104. The predicted molar refractivity (Wildman–Crippen MR) is 106 cm³/mol. The number of para-hydroxylation sites is 1. The Hall–Kier alpha value is -1.36. The third-order valence-electron chi connectivity index (χ3n) is 2.89. The molecule has 0 spiro atoms. The molecule has 0 aromatic heterocycles. The Kier molecular flexibility index (Phi) is 6.63. The molecule has 0 radical (unpaired) electrons. The number of aromatic hydroxyl groups is 1. The lowest BCUT2D eigenvalue weighted by molar-refractivity contribution is -0.123. The van der Waals surface area contributed by atoms with Crippen molar-refractivity contribution in [1.29, 1.82) is 0 Å². The summed E-state index contributed by atoms with van der Waals surface area (Å²) >= 11 is 4.08. The molecule has 1 amide bonds. The Balaban J connectivity index is 1.88. The Morgan fingerprint density at radius 1 is 1.30 bits per heavy atom. The van der Waals surface area contributed by atoms with Gasteiger partial charge < -0.3 is 9.84 Å². The SMILES string of the molecule is Cc1ccccc1OCC(=O)N/N=C/c1cc(I)c(O)c(I)c1. The molecule has 0 aliphatic heterocycles. The molecule has 2 N–H and O–H groups in total. The number of nitrogens with zero attached hydrogens (tertiary/aromatic N) is 1. The van der Waals surface area contributed by atoms with E-state index in [-0.39, 0.29) is 18.3 Å². The predicted octanol–water partition coefficient (Wildman–Crippen LogP) is 3.44. The lowest BCUT2D eigenvalue weighted by atomic mass is 10.2. The van der Waals surface area contributed by atoms with Crippen molar-refractivity contribution in [2.24, 2.45) is 5.10 Å². The molecule has 2 aromatic rings. The van der Waals surface area contributed by atoms with Gasteiger partial charge in [0.2, 0.25) is 0 Å². The summed E-state index contributed by atoms with van der Waals surface area (Å²) in [5.74, 6) is 0.584. The van der Waals surface area contributed by atoms with Gasteiger partial charge in [-0.05, 0) is 81.4 Å². The molecule has 0 unspecified atom stereocenters. The van der Waals surface area contributed by atoms with E-state index >= 15 is 0 Å². The third-order valence-corrected chi connectivity index (χ3v) is 4.54. The minimum atomic E-state index is -0.340. The molecule has 23 heavy (non-hydrogen) atoms. The Bertz CT molecular complexity index is 725. The largest absolute Gasteiger partial charge is 0.506 e. The van der Waals surface area contributed by atoms with E-state index in [1.165, 1.54) is 6.21 Å². The number of phenolic OH excluding ortho intramolecular Hbond substituents is 1. The number of hydrazone groups is 1. The highest BCUT2D eigenvalue weighted by Crippen LogP contribution is 2.26. The van der Waals surface area contributed by atoms with E-state index in [2.05, 4.69) is 10.5 Å². The molecule has 7 heteroatoms. The number of amides is 1. The Morgan fingerprint density at radius 3 is 2.61 bits per heavy atom. The molecule has 0 aliphatic carbocycles. The zero-order valence-electron chi connectivity index (χ0n) is 12.2. The topological polar surface area (TPSA) is 70.9 Å². The summed E-state index contributed by atoms with van der Waals surface area (Å²) in [4.78, 5) is 11.7. The molecule has 0 atom stereocenters. The lowest BCUT2D eigenvalue weighted by Gasteiger charge is -2.07. The number of benzene rings is 2. The number of carbonyl (C=O) groups excluding carboxylic acids is 1. The maximum atomic E-state index is 11.7. The average Bonchev–Trinajstić information content (AvgIpc) is 2.52. The molecule has 2 aromatic carbocycles. The average molecular weight is 536 g/mol. The van der Waals surface area contributed by atoms with Gasteiger partial charge in [-0.1, -0.05) is 18.2 Å². The van der Waals surface area contributed by atoms with Gasteiger partial charge in [0.25, 0.3) is 5.91 Å². The summed E-state index contributed by atoms with van der Waals surface area (Å²) in [5, 5.41) is 13.6. The molecular weight excluding hydrogens is 522 g/mol. The summed E-state index contributed by atoms with van der Waals surface area (Å²) in [7, 11) is 0. The maximum absolute atomic E-state index is 11.7. The third kappa shape index (κ3) is 5.34. The van der Waals surface area contributed by atoms with Crippen LogP contribution in [0.5, 0.6) is 11.5 Å². The van der Waals surface area contributed by atoms with Crippen molar-refractivity contribution < 1.29 is 14.6 Å². The summed E-state index contributed by atoms with van der Waals surface area (Å²) in [6, 6.07) is 11.0. The van der Waals surface area contributed by atoms with Crippen molar-refractivity contribution in [3.8, 4) is 11.5 Å². The van der Waals surface area contributed by atoms with Gasteiger partial charge in [0.05, 0.1) is 13.4 Å². The van der Waals surface area contributed by atoms with Crippen LogP contribution in [0.3, 0.4) is 0 Å². The van der Waals surface area contributed by atoms with E-state index in [0.717, 1.165) is 18.3 Å². The summed E-state index contributed by atoms with van der Waals surface area (Å²) in [5.41, 5.74) is 4.17. The molecule has 2 rings (SSSR count). The highest BCUT2D eigenvalue weighted by atomic mass is 127. The van der Waals surface area contributed by atoms with Gasteiger partial charge in [0.15, 0.2) is 6.61 Å². The van der Waals surface area contributed by atoms with E-state index in [0.29, 0.717) is 5.75 Å². The fraction of sp³-hybridized carbons (Fsp3) is 0.125. The molecule has 120 valence electrons. The Morgan fingerprint density at radius 2 is 1.96 bits per heavy atom. The van der Waals surface area contributed by atoms with Crippen molar-refractivity contribution in [2.45, 2.75) is 6.92 Å². The number of hydrogen-bond donors (Lipinski definition) is 2. The van der Waals surface area contributed by atoms with Gasteiger partial charge in [-0.3, -0.25) is 4.79 Å². The number of halogens is 2. The van der Waals surface area contributed by atoms with Crippen LogP contribution in [-0.2, 0) is 4.79 Å². The number of aryl methyl sites for hydroxylation is 1. The van der Waals surface area contributed by atoms with Gasteiger partial charge in [0, 0.05) is 0 Å². The number of phenols is 1. The van der Waals surface area contributed by atoms with E-state index in [4.69, 9.17) is 4.74 Å². The highest BCUT2D eigenvalue weighted by molar-refractivity contribution is 14.1. The van der Waals surface area contributed by atoms with Crippen LogP contribution >= 0.6 is 45.2 Å². The van der Waals surface area contributed by atoms with E-state index in [1.807, 2.05) is 76.4 Å². The van der Waals surface area contributed by atoms with E-state index < -0.39 is 0 Å². The molecule has 0 fully saturated rings. The number of ether oxygens (including phenoxy) is 1. The van der Waals surface area contributed by atoms with Crippen LogP contribution in [0.4, 0.5) is 0 Å². The first-order valence-corrected chi connectivity index (χ1v) is 8.81. The molecule has 0 saturated carbocycles. The molecule has 0 bridgehead atoms. The number of nitrogens with one attached hydrogen (secondary N) is 1. The second-order valence-corrected chi connectivity index (χ2v) is 7.00. The quantitative estimate of drug-likeness (QED) is 0.350. The van der Waals surface area contributed by atoms with Gasteiger partial charge in [-0.2, -0.15) is 5.10 Å². The van der Waals surface area contributed by atoms with Crippen molar-refractivity contribution in [2.75, 3.05) is 6.61 Å². The second-order valence-electron chi connectivity index (χ2n) is 4.68. The zero-order valence-corrected chi connectivity index (χ0v) is 16.5. The molecule has 0 aliphatic rings. The van der Waals surface area contributed by atoms with E-state index in [1.54, 1.807) is 12.1 Å². The molecule has 5 nitrogen and oxygen atoms in total. The smallest absolute Gasteiger partial charge is 0.277 e. The lowest BCUT2D eigenvalue weighted by Crippen LogP contribution is -2.24. The van der Waals surface area contributed by atoms with Crippen molar-refractivity contribution in [3.63, 3.8) is 0 Å². The van der Waals surface area contributed by atoms with E-state index in [9.17, 15) is 9.90 Å². The van der Waals surface area contributed by atoms with Crippen LogP contribution in [0.15, 0.2) is 41.5 Å². The monoisotopic (exact) mass is 536 g/mol. The maximum Gasteiger partial charge on any atom is 0.277 e. The van der Waals surface area contributed by atoms with Crippen LogP contribution in [0.25, 0.3) is 0 Å². The second kappa shape index (κ2) is 8.48. The number of hydrogen-bond acceptors (Lipinski definition) is 4. The van der Waals surface area contributed by atoms with Crippen LogP contribution in [-0.4, -0.2) is 23.8 Å². The van der Waals surface area contributed by atoms with Gasteiger partial charge in [-0.25, -0.2) is 5.43 Å². The number of carbonyl (C=O) groups is 1. The summed E-state index contributed by atoms with van der Waals surface area (Å²) in [6.07, 6.45) is 1.52. The first kappa shape index (κ1) is 18.0. The molecule has 0 heterocycles. The highest BCUT2D eigenvalue weighted by Gasteiger charge is 2.05. The van der Waals surface area contributed by atoms with Gasteiger partial charge in [0.1, 0.15) is 11.5 Å².